The predicted octanol–water partition coefficient (Wildman–Crippen LogP) is 2.58. The molecule has 0 radical (unpaired) electrons. The quantitative estimate of drug-likeness (QED) is 0.108. The molecule has 14 heteroatoms. The van der Waals surface area contributed by atoms with E-state index in [4.69, 9.17) is 11.5 Å². The molecular formula is C43H69N7O7. The number of hydrogen-bond donors (Lipinski definition) is 7. The number of carbonyl (C=O) groups is 6. The number of phenols is 1. The van der Waals surface area contributed by atoms with Gasteiger partial charge in [-0.05, 0) is 113 Å². The Kier molecular flexibility index (Phi) is 19.8. The lowest BCUT2D eigenvalue weighted by molar-refractivity contribution is -0.142. The zero-order chi connectivity index (χ0) is 42.1. The van der Waals surface area contributed by atoms with Crippen LogP contribution in [0.3, 0.4) is 0 Å². The number of allylic oxidation sites excluding steroid dienone is 1. The number of nitrogens with zero attached hydrogens (tertiary/aromatic N) is 1. The largest absolute Gasteiger partial charge is 0.508 e. The molecule has 1 aromatic rings. The Morgan fingerprint density at radius 1 is 1.02 bits per heavy atom. The van der Waals surface area contributed by atoms with E-state index in [1.165, 1.54) is 11.8 Å². The molecule has 1 fully saturated rings. The van der Waals surface area contributed by atoms with Crippen LogP contribution < -0.4 is 32.7 Å². The number of rotatable bonds is 14. The monoisotopic (exact) mass is 796 g/mol. The van der Waals surface area contributed by atoms with Crippen LogP contribution in [0.5, 0.6) is 5.75 Å². The standard InChI is InChI=1S/C43H69N7O7/c1-6-28(4)39(38(53)26-32(29(5)51)23-27(2)3)49-41(55)35-25-30-16-17-37(52)31(24-30)13-8-7-11-20-46-21-18-33(45)40(54)47-34(14-9-10-19-44)43(57)50-22-12-15-36(50)42(56)48-35/h7-8,16-17,24,27-28,32-36,39,46,52H,6,9-15,18-23,25-26,44-45H2,1-5H3,(H,47,54)(H,48,56)(H,49,55)/t28?,32-,33+,34+,35+,36+,39+/m1/s1. The fourth-order valence-corrected chi connectivity index (χ4v) is 7.56. The molecule has 3 rings (SSSR count). The third kappa shape index (κ3) is 15.0. The lowest BCUT2D eigenvalue weighted by Gasteiger charge is -2.31. The predicted molar refractivity (Wildman–Crippen MR) is 221 cm³/mol. The SMILES string of the molecule is CCC(C)[C@H](NC(=O)[C@@H]1Cc2ccc(O)c(c2)CC=CCCNCC[C@H](N)C(=O)N[C@@H](CCCCN)C(=O)N2CCC[C@H]2C(=O)N1)C(=O)C[C@@H](CC(C)C)C(C)=O. The topological polar surface area (TPSA) is 226 Å². The Morgan fingerprint density at radius 3 is 2.46 bits per heavy atom. The molecule has 2 bridgehead atoms. The Labute approximate surface area is 339 Å². The van der Waals surface area contributed by atoms with Crippen molar-refractivity contribution in [2.75, 3.05) is 26.2 Å². The average molecular weight is 796 g/mol. The van der Waals surface area contributed by atoms with Crippen molar-refractivity contribution in [2.45, 2.75) is 142 Å². The van der Waals surface area contributed by atoms with E-state index in [0.717, 1.165) is 0 Å². The summed E-state index contributed by atoms with van der Waals surface area (Å²) in [6, 6.07) is 0.356. The number of unbranched alkanes of at least 4 members (excludes halogenated alkanes) is 1. The van der Waals surface area contributed by atoms with Gasteiger partial charge in [-0.25, -0.2) is 0 Å². The summed E-state index contributed by atoms with van der Waals surface area (Å²) in [7, 11) is 0. The lowest BCUT2D eigenvalue weighted by Crippen LogP contribution is -2.59. The van der Waals surface area contributed by atoms with Gasteiger partial charge in [0, 0.05) is 25.3 Å². The zero-order valence-electron chi connectivity index (χ0n) is 34.8. The van der Waals surface area contributed by atoms with Crippen LogP contribution in [0.2, 0.25) is 0 Å². The zero-order valence-corrected chi connectivity index (χ0v) is 34.8. The maximum absolute atomic E-state index is 14.4. The van der Waals surface area contributed by atoms with E-state index in [0.29, 0.717) is 102 Å². The average Bonchev–Trinajstić information content (AvgIpc) is 3.67. The van der Waals surface area contributed by atoms with E-state index in [-0.39, 0.29) is 42.0 Å². The van der Waals surface area contributed by atoms with Crippen LogP contribution in [0.25, 0.3) is 0 Å². The van der Waals surface area contributed by atoms with Gasteiger partial charge in [-0.15, -0.1) is 0 Å². The molecule has 1 aromatic carbocycles. The van der Waals surface area contributed by atoms with Crippen molar-refractivity contribution in [1.29, 1.82) is 0 Å². The highest BCUT2D eigenvalue weighted by Crippen LogP contribution is 2.24. The van der Waals surface area contributed by atoms with Gasteiger partial charge in [0.25, 0.3) is 0 Å². The van der Waals surface area contributed by atoms with Crippen LogP contribution in [-0.2, 0) is 41.6 Å². The third-order valence-electron chi connectivity index (χ3n) is 11.2. The second-order valence-corrected chi connectivity index (χ2v) is 16.4. The molecule has 318 valence electrons. The van der Waals surface area contributed by atoms with Crippen molar-refractivity contribution >= 4 is 35.2 Å². The van der Waals surface area contributed by atoms with Crippen molar-refractivity contribution in [2.24, 2.45) is 29.2 Å². The summed E-state index contributed by atoms with van der Waals surface area (Å²) >= 11 is 0. The van der Waals surface area contributed by atoms with Crippen LogP contribution >= 0.6 is 0 Å². The number of Topliss-reactive ketones (excluding diaryl/α,β-unsaturated/α-hetero) is 2. The molecule has 0 aromatic heterocycles. The molecule has 14 nitrogen and oxygen atoms in total. The first kappa shape index (κ1) is 47.2. The number of phenolic OH excluding ortho intramolecular Hbond substituents is 1. The first-order valence-electron chi connectivity index (χ1n) is 21.0. The van der Waals surface area contributed by atoms with E-state index in [1.54, 1.807) is 18.2 Å². The minimum absolute atomic E-state index is 0.00222. The molecular weight excluding hydrogens is 727 g/mol. The fraction of sp³-hybridized carbons (Fsp3) is 0.674. The number of aromatic hydroxyl groups is 1. The summed E-state index contributed by atoms with van der Waals surface area (Å²) in [5.41, 5.74) is 13.3. The van der Waals surface area contributed by atoms with Gasteiger partial charge in [-0.2, -0.15) is 0 Å². The molecule has 2 heterocycles. The highest BCUT2D eigenvalue weighted by molar-refractivity contribution is 5.97. The van der Waals surface area contributed by atoms with Crippen molar-refractivity contribution < 1.29 is 33.9 Å². The molecule has 0 aliphatic carbocycles. The maximum atomic E-state index is 14.4. The molecule has 4 amide bonds. The molecule has 9 N–H and O–H groups in total. The van der Waals surface area contributed by atoms with Gasteiger partial charge in [0.05, 0.1) is 12.1 Å². The summed E-state index contributed by atoms with van der Waals surface area (Å²) in [5.74, 6) is -2.69. The fourth-order valence-electron chi connectivity index (χ4n) is 7.56. The first-order chi connectivity index (χ1) is 27.2. The first-order valence-corrected chi connectivity index (χ1v) is 21.0. The van der Waals surface area contributed by atoms with Crippen LogP contribution in [0.4, 0.5) is 0 Å². The molecule has 2 aliphatic rings. The van der Waals surface area contributed by atoms with Crippen LogP contribution in [0.15, 0.2) is 30.4 Å². The molecule has 1 unspecified atom stereocenters. The molecule has 7 atom stereocenters. The lowest BCUT2D eigenvalue weighted by atomic mass is 9.85. The molecule has 57 heavy (non-hydrogen) atoms. The Morgan fingerprint density at radius 2 is 1.77 bits per heavy atom. The summed E-state index contributed by atoms with van der Waals surface area (Å²) in [5, 5.41) is 22.7. The van der Waals surface area contributed by atoms with Crippen LogP contribution in [-0.4, -0.2) is 102 Å². The minimum Gasteiger partial charge on any atom is -0.508 e. The van der Waals surface area contributed by atoms with E-state index in [2.05, 4.69) is 21.3 Å². The Balaban J connectivity index is 2.00. The van der Waals surface area contributed by atoms with E-state index in [1.807, 2.05) is 39.8 Å². The van der Waals surface area contributed by atoms with Gasteiger partial charge in [0.2, 0.25) is 23.6 Å². The number of ketones is 2. The van der Waals surface area contributed by atoms with E-state index >= 15 is 0 Å². The van der Waals surface area contributed by atoms with Gasteiger partial charge < -0.3 is 42.7 Å². The molecule has 1 saturated heterocycles. The third-order valence-corrected chi connectivity index (χ3v) is 11.2. The Bertz CT molecular complexity index is 1550. The van der Waals surface area contributed by atoms with E-state index < -0.39 is 59.8 Å². The van der Waals surface area contributed by atoms with Gasteiger partial charge in [0.15, 0.2) is 5.78 Å². The summed E-state index contributed by atoms with van der Waals surface area (Å²) in [4.78, 5) is 83.8. The van der Waals surface area contributed by atoms with Gasteiger partial charge in [-0.3, -0.25) is 28.8 Å². The van der Waals surface area contributed by atoms with Crippen molar-refractivity contribution in [3.63, 3.8) is 0 Å². The van der Waals surface area contributed by atoms with Crippen molar-refractivity contribution in [3.8, 4) is 5.75 Å². The van der Waals surface area contributed by atoms with Gasteiger partial charge in [-0.1, -0.05) is 58.4 Å². The number of nitrogens with two attached hydrogens (primary N) is 2. The van der Waals surface area contributed by atoms with Crippen molar-refractivity contribution in [1.82, 2.24) is 26.2 Å². The minimum atomic E-state index is -1.15. The van der Waals surface area contributed by atoms with Gasteiger partial charge >= 0.3 is 0 Å². The van der Waals surface area contributed by atoms with Crippen LogP contribution in [0, 0.1) is 17.8 Å². The second kappa shape index (κ2) is 23.9. The number of fused-ring (bicyclic) bond motifs is 3. The van der Waals surface area contributed by atoms with Crippen molar-refractivity contribution in [3.05, 3.63) is 41.5 Å². The molecule has 2 aliphatic heterocycles. The number of benzene rings is 1. The summed E-state index contributed by atoms with van der Waals surface area (Å²) < 4.78 is 0. The maximum Gasteiger partial charge on any atom is 0.245 e. The summed E-state index contributed by atoms with van der Waals surface area (Å²) in [6.07, 6.45) is 9.05. The number of carbonyl (C=O) groups excluding carboxylic acids is 6. The summed E-state index contributed by atoms with van der Waals surface area (Å²) in [6.45, 7) is 11.1. The number of amides is 4. The van der Waals surface area contributed by atoms with E-state index in [9.17, 15) is 33.9 Å². The molecule has 0 saturated carbocycles. The van der Waals surface area contributed by atoms with Gasteiger partial charge in [0.1, 0.15) is 29.7 Å². The van der Waals surface area contributed by atoms with Crippen LogP contribution in [0.1, 0.15) is 110 Å². The number of nitrogens with one attached hydrogen (secondary N) is 4. The normalized spacial score (nSPS) is 23.3. The molecule has 0 spiro atoms. The highest BCUT2D eigenvalue weighted by atomic mass is 16.3. The Hall–Kier alpha value is -4.14. The number of hydrogen-bond acceptors (Lipinski definition) is 10. The smallest absolute Gasteiger partial charge is 0.245 e. The second-order valence-electron chi connectivity index (χ2n) is 16.4. The highest BCUT2D eigenvalue weighted by Gasteiger charge is 2.40.